The molecule has 0 aliphatic heterocycles. The van der Waals surface area contributed by atoms with Crippen molar-refractivity contribution in [2.75, 3.05) is 12.3 Å². The second-order valence-corrected chi connectivity index (χ2v) is 7.34. The van der Waals surface area contributed by atoms with Gasteiger partial charge in [0.2, 0.25) is 5.91 Å². The third-order valence-corrected chi connectivity index (χ3v) is 5.53. The molecule has 0 saturated carbocycles. The Morgan fingerprint density at radius 3 is 3.00 bits per heavy atom. The zero-order chi connectivity index (χ0) is 17.9. The predicted molar refractivity (Wildman–Crippen MR) is 104 cm³/mol. The van der Waals surface area contributed by atoms with Crippen LogP contribution in [0.25, 0.3) is 22.1 Å². The summed E-state index contributed by atoms with van der Waals surface area (Å²) in [5, 5.41) is 1.69. The van der Waals surface area contributed by atoms with E-state index in [9.17, 15) is 4.79 Å². The smallest absolute Gasteiger partial charge is 0.237 e. The molecular formula is C20H21N3O2S. The molecule has 1 amide bonds. The average Bonchev–Trinajstić information content (AvgIpc) is 3.32. The van der Waals surface area contributed by atoms with Crippen LogP contribution in [0, 0.1) is 0 Å². The molecule has 1 aliphatic rings. The molecule has 0 radical (unpaired) electrons. The van der Waals surface area contributed by atoms with E-state index in [1.807, 2.05) is 29.2 Å². The summed E-state index contributed by atoms with van der Waals surface area (Å²) >= 11 is 1.42. The summed E-state index contributed by atoms with van der Waals surface area (Å²) in [5.74, 6) is 0.480. The number of hydrogen-bond donors (Lipinski definition) is 0. The topological polar surface area (TPSA) is 59.2 Å². The number of allylic oxidation sites excluding steroid dienone is 2. The molecule has 26 heavy (non-hydrogen) atoms. The van der Waals surface area contributed by atoms with E-state index in [0.717, 1.165) is 53.7 Å². The monoisotopic (exact) mass is 367 g/mol. The summed E-state index contributed by atoms with van der Waals surface area (Å²) in [4.78, 5) is 23.4. The van der Waals surface area contributed by atoms with E-state index in [4.69, 9.17) is 4.42 Å². The molecule has 3 aromatic rings. The number of thioether (sulfide) groups is 1. The molecule has 134 valence electrons. The highest BCUT2D eigenvalue weighted by atomic mass is 32.2. The van der Waals surface area contributed by atoms with Gasteiger partial charge in [0.15, 0.2) is 5.58 Å². The van der Waals surface area contributed by atoms with Gasteiger partial charge in [0.1, 0.15) is 22.5 Å². The predicted octanol–water partition coefficient (Wildman–Crippen LogP) is 4.77. The molecule has 6 heteroatoms. The lowest BCUT2D eigenvalue weighted by Gasteiger charge is -2.23. The molecule has 0 N–H and O–H groups in total. The maximum absolute atomic E-state index is 12.8. The van der Waals surface area contributed by atoms with E-state index in [-0.39, 0.29) is 5.91 Å². The Labute approximate surface area is 156 Å². The van der Waals surface area contributed by atoms with Gasteiger partial charge >= 0.3 is 0 Å². The van der Waals surface area contributed by atoms with E-state index in [1.165, 1.54) is 17.5 Å². The van der Waals surface area contributed by atoms with Crippen LogP contribution in [0.3, 0.4) is 0 Å². The summed E-state index contributed by atoms with van der Waals surface area (Å²) in [6.07, 6.45) is 7.90. The molecule has 5 nitrogen and oxygen atoms in total. The molecule has 1 aromatic carbocycles. The lowest BCUT2D eigenvalue weighted by atomic mass is 10.2. The van der Waals surface area contributed by atoms with Gasteiger partial charge in [-0.15, -0.1) is 0 Å². The number of benzene rings is 1. The zero-order valence-electron chi connectivity index (χ0n) is 14.8. The molecule has 0 saturated heterocycles. The van der Waals surface area contributed by atoms with Gasteiger partial charge in [-0.2, -0.15) is 0 Å². The minimum atomic E-state index is 0.132. The van der Waals surface area contributed by atoms with Crippen LogP contribution in [0.4, 0.5) is 0 Å². The highest BCUT2D eigenvalue weighted by Gasteiger charge is 2.21. The third-order valence-electron chi connectivity index (χ3n) is 4.57. The van der Waals surface area contributed by atoms with Gasteiger partial charge < -0.3 is 9.32 Å². The number of amides is 1. The normalized spacial score (nSPS) is 14.1. The van der Waals surface area contributed by atoms with Crippen molar-refractivity contribution in [3.8, 4) is 0 Å². The summed E-state index contributed by atoms with van der Waals surface area (Å²) in [7, 11) is 0. The van der Waals surface area contributed by atoms with E-state index < -0.39 is 0 Å². The lowest BCUT2D eigenvalue weighted by Crippen LogP contribution is -2.32. The Balaban J connectivity index is 1.56. The van der Waals surface area contributed by atoms with Crippen LogP contribution in [0.1, 0.15) is 32.6 Å². The van der Waals surface area contributed by atoms with Gasteiger partial charge in [-0.05, 0) is 37.8 Å². The summed E-state index contributed by atoms with van der Waals surface area (Å²) < 4.78 is 5.94. The quantitative estimate of drug-likeness (QED) is 0.464. The molecule has 4 rings (SSSR count). The van der Waals surface area contributed by atoms with Gasteiger partial charge in [0.25, 0.3) is 0 Å². The van der Waals surface area contributed by atoms with E-state index >= 15 is 0 Å². The number of fused-ring (bicyclic) bond motifs is 3. The fourth-order valence-corrected chi connectivity index (χ4v) is 4.17. The standard InChI is InChI=1S/C20H21N3O2S/c1-2-11-23(14-7-3-4-8-14)17(24)12-26-20-19-18(21-13-22-20)15-9-5-6-10-16(15)25-19/h5-7,9-10,13H,2-4,8,11-12H2,1H3. The number of rotatable bonds is 6. The molecule has 0 atom stereocenters. The number of hydrogen-bond acceptors (Lipinski definition) is 5. The van der Waals surface area contributed by atoms with Crippen molar-refractivity contribution in [3.05, 3.63) is 42.4 Å². The number of nitrogens with zero attached hydrogens (tertiary/aromatic N) is 3. The molecule has 2 aromatic heterocycles. The van der Waals surface area contributed by atoms with E-state index in [1.54, 1.807) is 6.33 Å². The van der Waals surface area contributed by atoms with Crippen LogP contribution in [-0.4, -0.2) is 33.1 Å². The second-order valence-electron chi connectivity index (χ2n) is 6.38. The van der Waals surface area contributed by atoms with Crippen LogP contribution in [-0.2, 0) is 4.79 Å². The average molecular weight is 367 g/mol. The van der Waals surface area contributed by atoms with Crippen molar-refractivity contribution >= 4 is 39.7 Å². The molecule has 0 fully saturated rings. The van der Waals surface area contributed by atoms with E-state index in [2.05, 4.69) is 23.0 Å². The first-order valence-corrected chi connectivity index (χ1v) is 10.0. The first-order chi connectivity index (χ1) is 12.8. The number of para-hydroxylation sites is 1. The largest absolute Gasteiger partial charge is 0.451 e. The highest BCUT2D eigenvalue weighted by Crippen LogP contribution is 2.32. The van der Waals surface area contributed by atoms with Gasteiger partial charge in [-0.1, -0.05) is 36.9 Å². The number of aromatic nitrogens is 2. The first-order valence-electron chi connectivity index (χ1n) is 9.02. The highest BCUT2D eigenvalue weighted by molar-refractivity contribution is 8.00. The van der Waals surface area contributed by atoms with Crippen LogP contribution in [0.2, 0.25) is 0 Å². The Bertz CT molecular complexity index is 980. The molecule has 0 unspecified atom stereocenters. The zero-order valence-corrected chi connectivity index (χ0v) is 15.6. The Morgan fingerprint density at radius 1 is 1.31 bits per heavy atom. The molecule has 1 aliphatic carbocycles. The SMILES string of the molecule is CCCN(C(=O)CSc1ncnc2c1oc1ccccc12)C1=CCCC1. The van der Waals surface area contributed by atoms with Crippen LogP contribution >= 0.6 is 11.8 Å². The molecule has 0 bridgehead atoms. The Morgan fingerprint density at radius 2 is 2.19 bits per heavy atom. The fraction of sp³-hybridized carbons (Fsp3) is 0.350. The summed E-state index contributed by atoms with van der Waals surface area (Å²) in [6, 6.07) is 7.82. The molecule has 2 heterocycles. The first kappa shape index (κ1) is 17.1. The lowest BCUT2D eigenvalue weighted by molar-refractivity contribution is -0.126. The van der Waals surface area contributed by atoms with Gasteiger partial charge in [0.05, 0.1) is 5.75 Å². The van der Waals surface area contributed by atoms with Crippen molar-refractivity contribution in [1.82, 2.24) is 14.9 Å². The summed E-state index contributed by atoms with van der Waals surface area (Å²) in [6.45, 7) is 2.88. The number of carbonyl (C=O) groups is 1. The van der Waals surface area contributed by atoms with Gasteiger partial charge in [-0.3, -0.25) is 4.79 Å². The maximum atomic E-state index is 12.8. The van der Waals surface area contributed by atoms with E-state index in [0.29, 0.717) is 11.3 Å². The number of furan rings is 1. The van der Waals surface area contributed by atoms with Gasteiger partial charge in [-0.25, -0.2) is 9.97 Å². The van der Waals surface area contributed by atoms with Crippen molar-refractivity contribution in [2.45, 2.75) is 37.6 Å². The minimum absolute atomic E-state index is 0.132. The van der Waals surface area contributed by atoms with Crippen molar-refractivity contribution in [3.63, 3.8) is 0 Å². The molecular weight excluding hydrogens is 346 g/mol. The third kappa shape index (κ3) is 3.21. The van der Waals surface area contributed by atoms with Crippen LogP contribution < -0.4 is 0 Å². The van der Waals surface area contributed by atoms with Crippen molar-refractivity contribution < 1.29 is 9.21 Å². The fourth-order valence-electron chi connectivity index (χ4n) is 3.36. The second kappa shape index (κ2) is 7.50. The van der Waals surface area contributed by atoms with Crippen LogP contribution in [0.15, 0.2) is 51.8 Å². The minimum Gasteiger partial charge on any atom is -0.451 e. The number of carbonyl (C=O) groups excluding carboxylic acids is 1. The van der Waals surface area contributed by atoms with Crippen LogP contribution in [0.5, 0.6) is 0 Å². The Hall–Kier alpha value is -2.34. The molecule has 0 spiro atoms. The van der Waals surface area contributed by atoms with Crippen molar-refractivity contribution in [2.24, 2.45) is 0 Å². The van der Waals surface area contributed by atoms with Gasteiger partial charge in [0, 0.05) is 17.6 Å². The maximum Gasteiger partial charge on any atom is 0.237 e. The summed E-state index contributed by atoms with van der Waals surface area (Å²) in [5.41, 5.74) is 3.43. The van der Waals surface area contributed by atoms with Crippen molar-refractivity contribution in [1.29, 1.82) is 0 Å². The Kier molecular flexibility index (Phi) is 4.93.